The number of phenols is 2. The van der Waals surface area contributed by atoms with Crippen LogP contribution in [0.1, 0.15) is 69.9 Å². The highest BCUT2D eigenvalue weighted by Gasteiger charge is 2.36. The molecular formula is C24H32O2. The van der Waals surface area contributed by atoms with Crippen LogP contribution in [-0.2, 0) is 0 Å². The van der Waals surface area contributed by atoms with Crippen LogP contribution in [0.3, 0.4) is 0 Å². The van der Waals surface area contributed by atoms with Crippen molar-refractivity contribution in [2.45, 2.75) is 58.8 Å². The van der Waals surface area contributed by atoms with Gasteiger partial charge in [0.2, 0.25) is 0 Å². The molecule has 3 rings (SSSR count). The molecule has 2 aromatic carbocycles. The molecule has 0 bridgehead atoms. The molecule has 140 valence electrons. The van der Waals surface area contributed by atoms with E-state index in [-0.39, 0.29) is 0 Å². The zero-order valence-corrected chi connectivity index (χ0v) is 16.3. The Morgan fingerprint density at radius 2 is 1.42 bits per heavy atom. The Labute approximate surface area is 157 Å². The maximum absolute atomic E-state index is 9.65. The van der Waals surface area contributed by atoms with Gasteiger partial charge in [-0.3, -0.25) is 0 Å². The number of hydrogen-bond donors (Lipinski definition) is 2. The molecule has 0 saturated heterocycles. The number of rotatable bonds is 5. The number of phenolic OH excluding ortho intramolecular Hbond substituents is 2. The minimum Gasteiger partial charge on any atom is -0.508 e. The topological polar surface area (TPSA) is 40.5 Å². The quantitative estimate of drug-likeness (QED) is 0.647. The van der Waals surface area contributed by atoms with E-state index in [0.717, 1.165) is 18.3 Å². The maximum Gasteiger partial charge on any atom is 0.115 e. The van der Waals surface area contributed by atoms with Gasteiger partial charge < -0.3 is 10.2 Å². The number of aromatic hydroxyl groups is 2. The summed E-state index contributed by atoms with van der Waals surface area (Å²) in [6, 6.07) is 15.2. The Bertz CT molecular complexity index is 654. The molecule has 0 heterocycles. The molecule has 2 heteroatoms. The summed E-state index contributed by atoms with van der Waals surface area (Å²) in [5.41, 5.74) is 2.87. The molecular weight excluding hydrogens is 320 g/mol. The normalized spacial score (nSPS) is 22.5. The standard InChI is InChI=1S/C24H32O2/c1-17-5-4-16-24(2,3)23(17)15-14-22(18-6-10-20(25)11-7-18)19-8-12-21(26)13-9-19/h6-13,17,22-23,25-26H,4-5,14-16H2,1-3H3. The summed E-state index contributed by atoms with van der Waals surface area (Å²) in [4.78, 5) is 0. The highest BCUT2D eigenvalue weighted by Crippen LogP contribution is 2.47. The van der Waals surface area contributed by atoms with Gasteiger partial charge in [0.15, 0.2) is 0 Å². The Balaban J connectivity index is 1.84. The Hall–Kier alpha value is -1.96. The van der Waals surface area contributed by atoms with E-state index in [1.165, 1.54) is 36.8 Å². The van der Waals surface area contributed by atoms with E-state index in [0.29, 0.717) is 22.8 Å². The van der Waals surface area contributed by atoms with E-state index >= 15 is 0 Å². The SMILES string of the molecule is CC1CCCC(C)(C)C1CCC(c1ccc(O)cc1)c1ccc(O)cc1. The van der Waals surface area contributed by atoms with Crippen LogP contribution >= 0.6 is 0 Å². The van der Waals surface area contributed by atoms with E-state index in [2.05, 4.69) is 20.8 Å². The molecule has 0 amide bonds. The number of benzene rings is 2. The average Bonchev–Trinajstić information content (AvgIpc) is 2.59. The summed E-state index contributed by atoms with van der Waals surface area (Å²) < 4.78 is 0. The van der Waals surface area contributed by atoms with Crippen LogP contribution < -0.4 is 0 Å². The van der Waals surface area contributed by atoms with Gasteiger partial charge in [-0.15, -0.1) is 0 Å². The molecule has 0 spiro atoms. The monoisotopic (exact) mass is 352 g/mol. The molecule has 1 aliphatic rings. The van der Waals surface area contributed by atoms with Gasteiger partial charge >= 0.3 is 0 Å². The predicted molar refractivity (Wildman–Crippen MR) is 108 cm³/mol. The summed E-state index contributed by atoms with van der Waals surface area (Å²) >= 11 is 0. The second-order valence-electron chi connectivity index (χ2n) is 8.78. The molecule has 2 nitrogen and oxygen atoms in total. The lowest BCUT2D eigenvalue weighted by Crippen LogP contribution is -2.33. The van der Waals surface area contributed by atoms with Gasteiger partial charge in [0.05, 0.1) is 0 Å². The van der Waals surface area contributed by atoms with Crippen LogP contribution in [0.4, 0.5) is 0 Å². The molecule has 1 saturated carbocycles. The van der Waals surface area contributed by atoms with Gasteiger partial charge in [0.1, 0.15) is 11.5 Å². The van der Waals surface area contributed by atoms with Crippen molar-refractivity contribution in [3.8, 4) is 11.5 Å². The van der Waals surface area contributed by atoms with Crippen LogP contribution in [-0.4, -0.2) is 10.2 Å². The van der Waals surface area contributed by atoms with E-state index in [9.17, 15) is 10.2 Å². The fourth-order valence-corrected chi connectivity index (χ4v) is 5.00. The third-order valence-corrected chi connectivity index (χ3v) is 6.53. The smallest absolute Gasteiger partial charge is 0.115 e. The summed E-state index contributed by atoms with van der Waals surface area (Å²) in [6.45, 7) is 7.29. The Kier molecular flexibility index (Phi) is 5.60. The summed E-state index contributed by atoms with van der Waals surface area (Å²) in [5, 5.41) is 19.3. The van der Waals surface area contributed by atoms with Crippen molar-refractivity contribution in [2.75, 3.05) is 0 Å². The molecule has 0 aromatic heterocycles. The van der Waals surface area contributed by atoms with E-state index in [4.69, 9.17) is 0 Å². The van der Waals surface area contributed by atoms with Crippen LogP contribution in [0.2, 0.25) is 0 Å². The van der Waals surface area contributed by atoms with Gasteiger partial charge in [-0.25, -0.2) is 0 Å². The largest absolute Gasteiger partial charge is 0.508 e. The first-order valence-corrected chi connectivity index (χ1v) is 9.94. The molecule has 2 aromatic rings. The van der Waals surface area contributed by atoms with Crippen molar-refractivity contribution in [3.63, 3.8) is 0 Å². The van der Waals surface area contributed by atoms with Gasteiger partial charge in [0, 0.05) is 5.92 Å². The third kappa shape index (κ3) is 4.23. The summed E-state index contributed by atoms with van der Waals surface area (Å²) in [6.07, 6.45) is 6.32. The van der Waals surface area contributed by atoms with Crippen LogP contribution in [0.15, 0.2) is 48.5 Å². The fraction of sp³-hybridized carbons (Fsp3) is 0.500. The van der Waals surface area contributed by atoms with Crippen LogP contribution in [0.25, 0.3) is 0 Å². The fourth-order valence-electron chi connectivity index (χ4n) is 5.00. The molecule has 2 atom stereocenters. The lowest BCUT2D eigenvalue weighted by atomic mass is 9.62. The first-order valence-electron chi connectivity index (χ1n) is 9.94. The van der Waals surface area contributed by atoms with E-state index < -0.39 is 0 Å². The summed E-state index contributed by atoms with van der Waals surface area (Å²) in [5.74, 6) is 2.42. The first kappa shape index (κ1) is 18.8. The zero-order chi connectivity index (χ0) is 18.7. The molecule has 1 fully saturated rings. The van der Waals surface area contributed by atoms with Crippen molar-refractivity contribution in [3.05, 3.63) is 59.7 Å². The van der Waals surface area contributed by atoms with Crippen molar-refractivity contribution in [2.24, 2.45) is 17.3 Å². The minimum atomic E-state index is 0.293. The van der Waals surface area contributed by atoms with Gasteiger partial charge in [-0.2, -0.15) is 0 Å². The summed E-state index contributed by atoms with van der Waals surface area (Å²) in [7, 11) is 0. The average molecular weight is 353 g/mol. The number of hydrogen-bond acceptors (Lipinski definition) is 2. The van der Waals surface area contributed by atoms with Crippen molar-refractivity contribution in [1.82, 2.24) is 0 Å². The third-order valence-electron chi connectivity index (χ3n) is 6.53. The Morgan fingerprint density at radius 1 is 0.923 bits per heavy atom. The lowest BCUT2D eigenvalue weighted by Gasteiger charge is -2.43. The van der Waals surface area contributed by atoms with Crippen LogP contribution in [0.5, 0.6) is 11.5 Å². The second kappa shape index (κ2) is 7.73. The Morgan fingerprint density at radius 3 is 1.88 bits per heavy atom. The lowest BCUT2D eigenvalue weighted by molar-refractivity contribution is 0.0737. The highest BCUT2D eigenvalue weighted by atomic mass is 16.3. The van der Waals surface area contributed by atoms with Crippen LogP contribution in [0, 0.1) is 17.3 Å². The van der Waals surface area contributed by atoms with Gasteiger partial charge in [-0.1, -0.05) is 57.9 Å². The molecule has 2 N–H and O–H groups in total. The van der Waals surface area contributed by atoms with Crippen molar-refractivity contribution >= 4 is 0 Å². The minimum absolute atomic E-state index is 0.293. The molecule has 1 aliphatic carbocycles. The maximum atomic E-state index is 9.65. The van der Waals surface area contributed by atoms with E-state index in [1.54, 1.807) is 24.3 Å². The van der Waals surface area contributed by atoms with Gasteiger partial charge in [-0.05, 0) is 71.9 Å². The molecule has 2 unspecified atom stereocenters. The second-order valence-corrected chi connectivity index (χ2v) is 8.78. The van der Waals surface area contributed by atoms with Gasteiger partial charge in [0.25, 0.3) is 0 Å². The molecule has 26 heavy (non-hydrogen) atoms. The first-order chi connectivity index (χ1) is 12.4. The molecule has 0 aliphatic heterocycles. The van der Waals surface area contributed by atoms with E-state index in [1.807, 2.05) is 24.3 Å². The van der Waals surface area contributed by atoms with Crippen molar-refractivity contribution < 1.29 is 10.2 Å². The predicted octanol–water partition coefficient (Wildman–Crippen LogP) is 6.47. The zero-order valence-electron chi connectivity index (χ0n) is 16.3. The molecule has 0 radical (unpaired) electrons. The van der Waals surface area contributed by atoms with Crippen molar-refractivity contribution in [1.29, 1.82) is 0 Å². The highest BCUT2D eigenvalue weighted by molar-refractivity contribution is 5.37.